The third-order valence-electron chi connectivity index (χ3n) is 2.56. The summed E-state index contributed by atoms with van der Waals surface area (Å²) >= 11 is 2.18. The SMILES string of the molecule is COc1cc([C@H]2O[C@H]2CO)cc(OC)c1I. The lowest BCUT2D eigenvalue weighted by Crippen LogP contribution is -1.98. The van der Waals surface area contributed by atoms with Crippen molar-refractivity contribution in [3.63, 3.8) is 0 Å². The zero-order valence-corrected chi connectivity index (χ0v) is 11.2. The molecule has 1 fully saturated rings. The van der Waals surface area contributed by atoms with Crippen LogP contribution < -0.4 is 9.47 Å². The highest BCUT2D eigenvalue weighted by Crippen LogP contribution is 2.43. The zero-order valence-electron chi connectivity index (χ0n) is 9.07. The molecule has 1 aliphatic rings. The normalized spacial score (nSPS) is 23.0. The van der Waals surface area contributed by atoms with E-state index in [9.17, 15) is 0 Å². The second kappa shape index (κ2) is 4.77. The summed E-state index contributed by atoms with van der Waals surface area (Å²) in [6, 6.07) is 3.84. The molecule has 2 rings (SSSR count). The predicted octanol–water partition coefficient (Wildman–Crippen LogP) is 1.74. The van der Waals surface area contributed by atoms with Crippen LogP contribution in [0.1, 0.15) is 11.7 Å². The quantitative estimate of drug-likeness (QED) is 0.672. The number of benzene rings is 1. The lowest BCUT2D eigenvalue weighted by molar-refractivity contribution is 0.242. The number of epoxide rings is 1. The van der Waals surface area contributed by atoms with Gasteiger partial charge in [-0.15, -0.1) is 0 Å². The molecule has 0 unspecified atom stereocenters. The van der Waals surface area contributed by atoms with E-state index < -0.39 is 0 Å². The second-order valence-corrected chi connectivity index (χ2v) is 4.60. The van der Waals surface area contributed by atoms with Crippen LogP contribution in [-0.4, -0.2) is 32.0 Å². The van der Waals surface area contributed by atoms with E-state index >= 15 is 0 Å². The van der Waals surface area contributed by atoms with E-state index in [2.05, 4.69) is 22.6 Å². The largest absolute Gasteiger partial charge is 0.495 e. The molecular weight excluding hydrogens is 323 g/mol. The predicted molar refractivity (Wildman–Crippen MR) is 67.0 cm³/mol. The first-order chi connectivity index (χ1) is 7.71. The average Bonchev–Trinajstić information content (AvgIpc) is 3.08. The Bertz CT molecular complexity index is 369. The third-order valence-corrected chi connectivity index (χ3v) is 3.62. The number of methoxy groups -OCH3 is 2. The van der Waals surface area contributed by atoms with Gasteiger partial charge in [0.2, 0.25) is 0 Å². The van der Waals surface area contributed by atoms with Crippen LogP contribution in [-0.2, 0) is 4.74 Å². The highest BCUT2D eigenvalue weighted by atomic mass is 127. The van der Waals surface area contributed by atoms with Crippen LogP contribution in [0, 0.1) is 3.57 Å². The van der Waals surface area contributed by atoms with Crippen LogP contribution in [0.3, 0.4) is 0 Å². The van der Waals surface area contributed by atoms with Gasteiger partial charge >= 0.3 is 0 Å². The highest BCUT2D eigenvalue weighted by molar-refractivity contribution is 14.1. The minimum atomic E-state index is -0.0885. The van der Waals surface area contributed by atoms with Crippen molar-refractivity contribution in [3.8, 4) is 11.5 Å². The molecule has 0 amide bonds. The van der Waals surface area contributed by atoms with E-state index in [1.807, 2.05) is 12.1 Å². The van der Waals surface area contributed by atoms with Crippen molar-refractivity contribution in [1.29, 1.82) is 0 Å². The van der Waals surface area contributed by atoms with Gasteiger partial charge in [0.15, 0.2) is 0 Å². The van der Waals surface area contributed by atoms with Crippen molar-refractivity contribution in [2.75, 3.05) is 20.8 Å². The fraction of sp³-hybridized carbons (Fsp3) is 0.455. The van der Waals surface area contributed by atoms with E-state index in [-0.39, 0.29) is 18.8 Å². The summed E-state index contributed by atoms with van der Waals surface area (Å²) in [6.45, 7) is 0.0429. The van der Waals surface area contributed by atoms with Gasteiger partial charge in [0.05, 0.1) is 24.4 Å². The molecule has 0 radical (unpaired) electrons. The van der Waals surface area contributed by atoms with E-state index in [1.54, 1.807) is 14.2 Å². The molecule has 16 heavy (non-hydrogen) atoms. The van der Waals surface area contributed by atoms with Gasteiger partial charge in [-0.05, 0) is 40.3 Å². The summed E-state index contributed by atoms with van der Waals surface area (Å²) < 4.78 is 16.8. The molecule has 1 aromatic rings. The van der Waals surface area contributed by atoms with Crippen molar-refractivity contribution in [3.05, 3.63) is 21.3 Å². The van der Waals surface area contributed by atoms with Crippen LogP contribution in [0.5, 0.6) is 11.5 Å². The Labute approximate surface area is 108 Å². The number of hydrogen-bond acceptors (Lipinski definition) is 4. The second-order valence-electron chi connectivity index (χ2n) is 3.52. The van der Waals surface area contributed by atoms with Crippen molar-refractivity contribution >= 4 is 22.6 Å². The first kappa shape index (κ1) is 11.9. The van der Waals surface area contributed by atoms with Gasteiger partial charge in [-0.2, -0.15) is 0 Å². The number of hydrogen-bond donors (Lipinski definition) is 1. The number of aliphatic hydroxyl groups excluding tert-OH is 1. The molecule has 5 heteroatoms. The smallest absolute Gasteiger partial charge is 0.136 e. The minimum Gasteiger partial charge on any atom is -0.495 e. The third kappa shape index (κ3) is 2.11. The number of rotatable bonds is 4. The van der Waals surface area contributed by atoms with Crippen molar-refractivity contribution in [1.82, 2.24) is 0 Å². The molecule has 1 aromatic carbocycles. The van der Waals surface area contributed by atoms with Gasteiger partial charge in [0, 0.05) is 0 Å². The fourth-order valence-corrected chi connectivity index (χ4v) is 2.38. The first-order valence-electron chi connectivity index (χ1n) is 4.89. The Morgan fingerprint density at radius 3 is 2.25 bits per heavy atom. The Morgan fingerprint density at radius 2 is 1.88 bits per heavy atom. The van der Waals surface area contributed by atoms with Gasteiger partial charge in [0.1, 0.15) is 23.7 Å². The van der Waals surface area contributed by atoms with Crippen LogP contribution in [0.4, 0.5) is 0 Å². The Balaban J connectivity index is 2.33. The first-order valence-corrected chi connectivity index (χ1v) is 5.97. The monoisotopic (exact) mass is 336 g/mol. The molecular formula is C11H13IO4. The van der Waals surface area contributed by atoms with Gasteiger partial charge < -0.3 is 19.3 Å². The number of ether oxygens (including phenoxy) is 3. The highest BCUT2D eigenvalue weighted by Gasteiger charge is 2.40. The molecule has 1 saturated heterocycles. The van der Waals surface area contributed by atoms with Gasteiger partial charge in [-0.1, -0.05) is 0 Å². The number of aliphatic hydroxyl groups is 1. The minimum absolute atomic E-state index is 0.0372. The van der Waals surface area contributed by atoms with Crippen molar-refractivity contribution in [2.24, 2.45) is 0 Å². The fourth-order valence-electron chi connectivity index (χ4n) is 1.63. The maximum Gasteiger partial charge on any atom is 0.136 e. The van der Waals surface area contributed by atoms with Crippen LogP contribution >= 0.6 is 22.6 Å². The van der Waals surface area contributed by atoms with E-state index in [1.165, 1.54) is 0 Å². The van der Waals surface area contributed by atoms with Gasteiger partial charge in [-0.25, -0.2) is 0 Å². The van der Waals surface area contributed by atoms with Gasteiger partial charge in [0.25, 0.3) is 0 Å². The molecule has 0 saturated carbocycles. The van der Waals surface area contributed by atoms with E-state index in [4.69, 9.17) is 19.3 Å². The van der Waals surface area contributed by atoms with Gasteiger partial charge in [-0.3, -0.25) is 0 Å². The molecule has 0 spiro atoms. The van der Waals surface area contributed by atoms with E-state index in [0.717, 1.165) is 20.6 Å². The maximum absolute atomic E-state index is 8.96. The Kier molecular flexibility index (Phi) is 3.56. The molecule has 1 N–H and O–H groups in total. The summed E-state index contributed by atoms with van der Waals surface area (Å²) in [5, 5.41) is 8.96. The van der Waals surface area contributed by atoms with Crippen LogP contribution in [0.25, 0.3) is 0 Å². The van der Waals surface area contributed by atoms with E-state index in [0.29, 0.717) is 0 Å². The summed E-state index contributed by atoms with van der Waals surface area (Å²) in [6.07, 6.45) is -0.126. The molecule has 0 aliphatic carbocycles. The topological polar surface area (TPSA) is 51.2 Å². The molecule has 1 heterocycles. The lowest BCUT2D eigenvalue weighted by atomic mass is 10.1. The molecule has 0 aromatic heterocycles. The maximum atomic E-state index is 8.96. The van der Waals surface area contributed by atoms with Crippen molar-refractivity contribution in [2.45, 2.75) is 12.2 Å². The summed E-state index contributed by atoms with van der Waals surface area (Å²) in [7, 11) is 3.25. The molecule has 88 valence electrons. The molecule has 1 aliphatic heterocycles. The summed E-state index contributed by atoms with van der Waals surface area (Å²) in [5.74, 6) is 1.53. The molecule has 2 atom stereocenters. The van der Waals surface area contributed by atoms with Crippen molar-refractivity contribution < 1.29 is 19.3 Å². The zero-order chi connectivity index (χ0) is 11.7. The van der Waals surface area contributed by atoms with Crippen LogP contribution in [0.2, 0.25) is 0 Å². The summed E-state index contributed by atoms with van der Waals surface area (Å²) in [5.41, 5.74) is 0.980. The average molecular weight is 336 g/mol. The Hall–Kier alpha value is -0.530. The number of halogens is 1. The molecule has 4 nitrogen and oxygen atoms in total. The van der Waals surface area contributed by atoms with Crippen LogP contribution in [0.15, 0.2) is 12.1 Å². The Morgan fingerprint density at radius 1 is 1.31 bits per heavy atom. The molecule has 0 bridgehead atoms. The standard InChI is InChI=1S/C11H13IO4/c1-14-7-3-6(11-9(5-13)16-11)4-8(15-2)10(7)12/h3-4,9,11,13H,5H2,1-2H3/t9-,11+/m0/s1. The summed E-state index contributed by atoms with van der Waals surface area (Å²) in [4.78, 5) is 0. The lowest BCUT2D eigenvalue weighted by Gasteiger charge is -2.10.